The minimum absolute atomic E-state index is 0.0815. The number of hydrogen-bond donors (Lipinski definition) is 2. The lowest BCUT2D eigenvalue weighted by Gasteiger charge is -2.35. The first-order valence-corrected chi connectivity index (χ1v) is 8.26. The Bertz CT molecular complexity index is 654. The molecule has 1 fully saturated rings. The summed E-state index contributed by atoms with van der Waals surface area (Å²) in [6.07, 6.45) is 6.42. The van der Waals surface area contributed by atoms with E-state index in [-0.39, 0.29) is 23.9 Å². The Balaban J connectivity index is 1.59. The summed E-state index contributed by atoms with van der Waals surface area (Å²) in [5, 5.41) is 10.00. The van der Waals surface area contributed by atoms with Gasteiger partial charge in [-0.15, -0.1) is 0 Å². The molecule has 0 unspecified atom stereocenters. The monoisotopic (exact) mass is 331 g/mol. The van der Waals surface area contributed by atoms with Crippen LogP contribution in [0.5, 0.6) is 0 Å². The van der Waals surface area contributed by atoms with Crippen LogP contribution < -0.4 is 10.6 Å². The zero-order valence-electron chi connectivity index (χ0n) is 13.7. The summed E-state index contributed by atoms with van der Waals surface area (Å²) >= 11 is 0. The van der Waals surface area contributed by atoms with E-state index < -0.39 is 0 Å². The van der Waals surface area contributed by atoms with Crippen LogP contribution in [-0.2, 0) is 6.54 Å². The number of nitrogens with one attached hydrogen (secondary N) is 2. The maximum Gasteiger partial charge on any atom is 0.315 e. The van der Waals surface area contributed by atoms with Crippen LogP contribution in [0.15, 0.2) is 36.9 Å². The van der Waals surface area contributed by atoms with Crippen molar-refractivity contribution in [3.8, 4) is 0 Å². The molecule has 0 radical (unpaired) electrons. The lowest BCUT2D eigenvalue weighted by atomic mass is 9.77. The summed E-state index contributed by atoms with van der Waals surface area (Å²) < 4.78 is 14.8. The fraction of sp³-hybridized carbons (Fsp3) is 0.471. The summed E-state index contributed by atoms with van der Waals surface area (Å²) in [5.74, 6) is 0.142. The van der Waals surface area contributed by atoms with Crippen LogP contribution in [0.25, 0.3) is 0 Å². The first kappa shape index (κ1) is 16.4. The van der Waals surface area contributed by atoms with E-state index in [2.05, 4.69) is 20.7 Å². The number of urea groups is 1. The molecule has 2 N–H and O–H groups in total. The van der Waals surface area contributed by atoms with Crippen molar-refractivity contribution in [2.45, 2.75) is 44.8 Å². The highest BCUT2D eigenvalue weighted by Crippen LogP contribution is 2.37. The van der Waals surface area contributed by atoms with Gasteiger partial charge in [0.1, 0.15) is 18.5 Å². The molecule has 6 nitrogen and oxygen atoms in total. The Kier molecular flexibility index (Phi) is 5.08. The summed E-state index contributed by atoms with van der Waals surface area (Å²) in [7, 11) is 0. The first-order chi connectivity index (χ1) is 11.6. The zero-order chi connectivity index (χ0) is 16.9. The average molecular weight is 331 g/mol. The van der Waals surface area contributed by atoms with Crippen LogP contribution in [0.4, 0.5) is 9.18 Å². The minimum Gasteiger partial charge on any atom is -0.334 e. The van der Waals surface area contributed by atoms with Crippen LogP contribution in [0.3, 0.4) is 0 Å². The highest BCUT2D eigenvalue weighted by molar-refractivity contribution is 5.74. The standard InChI is InChI=1S/C17H22FN5O/c1-12(9-23-11-19-10-20-23)21-17(24)22-16(13-3-2-4-13)14-5-7-15(18)8-6-14/h5-8,10-13,16H,2-4,9H2,1H3,(H2,21,22,24)/t12-,16-/m0/s1. The highest BCUT2D eigenvalue weighted by Gasteiger charge is 2.30. The normalized spacial score (nSPS) is 16.9. The molecular weight excluding hydrogens is 309 g/mol. The second-order valence-electron chi connectivity index (χ2n) is 6.36. The molecule has 1 aromatic heterocycles. The van der Waals surface area contributed by atoms with Gasteiger partial charge in [-0.05, 0) is 43.4 Å². The molecule has 2 aromatic rings. The van der Waals surface area contributed by atoms with Crippen molar-refractivity contribution in [1.29, 1.82) is 0 Å². The van der Waals surface area contributed by atoms with Gasteiger partial charge in [-0.3, -0.25) is 4.68 Å². The van der Waals surface area contributed by atoms with Crippen molar-refractivity contribution in [3.05, 3.63) is 48.3 Å². The van der Waals surface area contributed by atoms with Gasteiger partial charge in [-0.2, -0.15) is 5.10 Å². The van der Waals surface area contributed by atoms with E-state index in [1.54, 1.807) is 23.1 Å². The predicted molar refractivity (Wildman–Crippen MR) is 87.6 cm³/mol. The Hall–Kier alpha value is -2.44. The molecule has 1 aliphatic carbocycles. The van der Waals surface area contributed by atoms with Crippen LogP contribution in [0.1, 0.15) is 37.8 Å². The number of amides is 2. The number of rotatable bonds is 6. The molecule has 1 heterocycles. The summed E-state index contributed by atoms with van der Waals surface area (Å²) in [6.45, 7) is 2.47. The lowest BCUT2D eigenvalue weighted by molar-refractivity contribution is 0.205. The van der Waals surface area contributed by atoms with E-state index in [9.17, 15) is 9.18 Å². The Morgan fingerprint density at radius 2 is 2.08 bits per heavy atom. The SMILES string of the molecule is C[C@@H](Cn1cncn1)NC(=O)N[C@H](c1ccc(F)cc1)C1CCC1. The van der Waals surface area contributed by atoms with E-state index >= 15 is 0 Å². The van der Waals surface area contributed by atoms with Crippen molar-refractivity contribution in [2.75, 3.05) is 0 Å². The van der Waals surface area contributed by atoms with E-state index in [0.29, 0.717) is 12.5 Å². The average Bonchev–Trinajstić information content (AvgIpc) is 2.98. The molecule has 7 heteroatoms. The fourth-order valence-corrected chi connectivity index (χ4v) is 2.98. The quantitative estimate of drug-likeness (QED) is 0.855. The van der Waals surface area contributed by atoms with Gasteiger partial charge in [-0.25, -0.2) is 14.2 Å². The molecule has 3 rings (SSSR count). The van der Waals surface area contributed by atoms with Crippen molar-refractivity contribution < 1.29 is 9.18 Å². The van der Waals surface area contributed by atoms with Crippen LogP contribution in [-0.4, -0.2) is 26.8 Å². The molecule has 128 valence electrons. The second-order valence-corrected chi connectivity index (χ2v) is 6.36. The Labute approximate surface area is 140 Å². The smallest absolute Gasteiger partial charge is 0.315 e. The molecule has 2 amide bonds. The molecule has 1 aromatic carbocycles. The lowest BCUT2D eigenvalue weighted by Crippen LogP contribution is -2.46. The zero-order valence-corrected chi connectivity index (χ0v) is 13.7. The highest BCUT2D eigenvalue weighted by atomic mass is 19.1. The number of carbonyl (C=O) groups excluding carboxylic acids is 1. The van der Waals surface area contributed by atoms with Crippen molar-refractivity contribution in [2.24, 2.45) is 5.92 Å². The Morgan fingerprint density at radius 1 is 1.33 bits per heavy atom. The number of hydrogen-bond acceptors (Lipinski definition) is 3. The maximum atomic E-state index is 13.1. The molecule has 1 aliphatic rings. The van der Waals surface area contributed by atoms with Gasteiger partial charge >= 0.3 is 6.03 Å². The number of benzene rings is 1. The van der Waals surface area contributed by atoms with E-state index in [4.69, 9.17) is 0 Å². The van der Waals surface area contributed by atoms with Gasteiger partial charge in [0, 0.05) is 6.04 Å². The first-order valence-electron chi connectivity index (χ1n) is 8.26. The maximum absolute atomic E-state index is 13.1. The van der Waals surface area contributed by atoms with Crippen molar-refractivity contribution in [3.63, 3.8) is 0 Å². The molecule has 2 atom stereocenters. The van der Waals surface area contributed by atoms with Gasteiger partial charge in [0.05, 0.1) is 12.6 Å². The van der Waals surface area contributed by atoms with E-state index in [1.807, 2.05) is 6.92 Å². The largest absolute Gasteiger partial charge is 0.334 e. The molecule has 0 bridgehead atoms. The molecular formula is C17H22FN5O. The second kappa shape index (κ2) is 7.42. The summed E-state index contributed by atoms with van der Waals surface area (Å²) in [6, 6.07) is 5.99. The van der Waals surface area contributed by atoms with Gasteiger partial charge < -0.3 is 10.6 Å². The van der Waals surface area contributed by atoms with Crippen LogP contribution in [0, 0.1) is 11.7 Å². The molecule has 1 saturated carbocycles. The van der Waals surface area contributed by atoms with Crippen LogP contribution in [0.2, 0.25) is 0 Å². The van der Waals surface area contributed by atoms with Crippen molar-refractivity contribution >= 4 is 6.03 Å². The number of halogens is 1. The van der Waals surface area contributed by atoms with Gasteiger partial charge in [-0.1, -0.05) is 18.6 Å². The molecule has 0 aliphatic heterocycles. The molecule has 24 heavy (non-hydrogen) atoms. The number of aromatic nitrogens is 3. The van der Waals surface area contributed by atoms with E-state index in [0.717, 1.165) is 18.4 Å². The summed E-state index contributed by atoms with van der Waals surface area (Å²) in [4.78, 5) is 16.2. The minimum atomic E-state index is -0.267. The van der Waals surface area contributed by atoms with E-state index in [1.165, 1.54) is 24.9 Å². The fourth-order valence-electron chi connectivity index (χ4n) is 2.98. The number of nitrogens with zero attached hydrogens (tertiary/aromatic N) is 3. The third kappa shape index (κ3) is 4.10. The van der Waals surface area contributed by atoms with Gasteiger partial charge in [0.2, 0.25) is 0 Å². The Morgan fingerprint density at radius 3 is 2.67 bits per heavy atom. The van der Waals surface area contributed by atoms with Gasteiger partial charge in [0.15, 0.2) is 0 Å². The summed E-state index contributed by atoms with van der Waals surface area (Å²) in [5.41, 5.74) is 0.945. The topological polar surface area (TPSA) is 71.8 Å². The van der Waals surface area contributed by atoms with Gasteiger partial charge in [0.25, 0.3) is 0 Å². The number of carbonyl (C=O) groups is 1. The third-order valence-corrected chi connectivity index (χ3v) is 4.44. The molecule has 0 spiro atoms. The van der Waals surface area contributed by atoms with Crippen molar-refractivity contribution in [1.82, 2.24) is 25.4 Å². The van der Waals surface area contributed by atoms with Crippen LogP contribution >= 0.6 is 0 Å². The third-order valence-electron chi connectivity index (χ3n) is 4.44. The predicted octanol–water partition coefficient (Wildman–Crippen LogP) is 2.65. The molecule has 0 saturated heterocycles.